The van der Waals surface area contributed by atoms with Crippen molar-refractivity contribution >= 4 is 17.2 Å². The molecule has 1 amide bonds. The van der Waals surface area contributed by atoms with Crippen LogP contribution in [0.4, 0.5) is 0 Å². The number of benzene rings is 1. The molecule has 1 fully saturated rings. The standard InChI is InChI=1S/C16H18N2O2S/c1-11-10-21-15(17-11)12-4-2-5-13(8-12)16(20)18-7-3-6-14(18)9-19/h2,4-5,8,10,14,19H,3,6-7,9H2,1H3/t14-/m1/s1. The molecule has 0 spiro atoms. The Bertz CT molecular complexity index is 653. The van der Waals surface area contributed by atoms with Crippen LogP contribution in [0.1, 0.15) is 28.9 Å². The Hall–Kier alpha value is -1.72. The number of aliphatic hydroxyl groups is 1. The first-order chi connectivity index (χ1) is 10.2. The Labute approximate surface area is 128 Å². The van der Waals surface area contributed by atoms with Gasteiger partial charge >= 0.3 is 0 Å². The van der Waals surface area contributed by atoms with E-state index in [2.05, 4.69) is 4.98 Å². The number of nitrogens with zero attached hydrogens (tertiary/aromatic N) is 2. The van der Waals surface area contributed by atoms with Crippen LogP contribution in [0.2, 0.25) is 0 Å². The van der Waals surface area contributed by atoms with E-state index in [1.165, 1.54) is 0 Å². The van der Waals surface area contributed by atoms with Gasteiger partial charge in [-0.15, -0.1) is 11.3 Å². The molecule has 2 aromatic rings. The minimum absolute atomic E-state index is 0.00155. The fourth-order valence-corrected chi connectivity index (χ4v) is 3.53. The summed E-state index contributed by atoms with van der Waals surface area (Å²) in [5.74, 6) is 0.00155. The average molecular weight is 302 g/mol. The largest absolute Gasteiger partial charge is 0.394 e. The van der Waals surface area contributed by atoms with E-state index in [-0.39, 0.29) is 18.6 Å². The molecule has 0 radical (unpaired) electrons. The number of hydrogen-bond donors (Lipinski definition) is 1. The number of aromatic nitrogens is 1. The van der Waals surface area contributed by atoms with Crippen LogP contribution in [0.15, 0.2) is 29.6 Å². The highest BCUT2D eigenvalue weighted by atomic mass is 32.1. The van der Waals surface area contributed by atoms with E-state index in [0.29, 0.717) is 5.56 Å². The molecule has 0 aliphatic carbocycles. The van der Waals surface area contributed by atoms with Crippen molar-refractivity contribution in [3.05, 3.63) is 40.9 Å². The highest BCUT2D eigenvalue weighted by Gasteiger charge is 2.28. The first kappa shape index (κ1) is 14.2. The number of likely N-dealkylation sites (tertiary alicyclic amines) is 1. The van der Waals surface area contributed by atoms with Gasteiger partial charge in [-0.1, -0.05) is 12.1 Å². The number of carbonyl (C=O) groups is 1. The molecule has 4 nitrogen and oxygen atoms in total. The second kappa shape index (κ2) is 5.95. The van der Waals surface area contributed by atoms with Crippen molar-refractivity contribution in [3.63, 3.8) is 0 Å². The molecule has 5 heteroatoms. The zero-order chi connectivity index (χ0) is 14.8. The summed E-state index contributed by atoms with van der Waals surface area (Å²) in [5, 5.41) is 12.3. The smallest absolute Gasteiger partial charge is 0.254 e. The maximum atomic E-state index is 12.6. The van der Waals surface area contributed by atoms with E-state index in [9.17, 15) is 9.90 Å². The zero-order valence-electron chi connectivity index (χ0n) is 12.0. The molecule has 1 atom stereocenters. The summed E-state index contributed by atoms with van der Waals surface area (Å²) in [6.07, 6.45) is 1.84. The number of thiazole rings is 1. The van der Waals surface area contributed by atoms with Crippen molar-refractivity contribution in [2.45, 2.75) is 25.8 Å². The van der Waals surface area contributed by atoms with Crippen LogP contribution < -0.4 is 0 Å². The van der Waals surface area contributed by atoms with E-state index in [1.54, 1.807) is 16.2 Å². The van der Waals surface area contributed by atoms with Gasteiger partial charge in [0.15, 0.2) is 0 Å². The van der Waals surface area contributed by atoms with Crippen LogP contribution in [0.5, 0.6) is 0 Å². The molecular formula is C16H18N2O2S. The third-order valence-corrected chi connectivity index (χ3v) is 4.83. The summed E-state index contributed by atoms with van der Waals surface area (Å²) in [6, 6.07) is 7.56. The molecule has 1 N–H and O–H groups in total. The molecule has 1 aromatic carbocycles. The summed E-state index contributed by atoms with van der Waals surface area (Å²) in [7, 11) is 0. The van der Waals surface area contributed by atoms with Gasteiger partial charge in [0.25, 0.3) is 5.91 Å². The van der Waals surface area contributed by atoms with Crippen LogP contribution >= 0.6 is 11.3 Å². The van der Waals surface area contributed by atoms with Gasteiger partial charge in [0.1, 0.15) is 5.01 Å². The molecule has 0 bridgehead atoms. The van der Waals surface area contributed by atoms with E-state index >= 15 is 0 Å². The van der Waals surface area contributed by atoms with Crippen LogP contribution in [-0.4, -0.2) is 40.1 Å². The topological polar surface area (TPSA) is 53.4 Å². The molecule has 110 valence electrons. The molecule has 1 aromatic heterocycles. The summed E-state index contributed by atoms with van der Waals surface area (Å²) < 4.78 is 0. The van der Waals surface area contributed by atoms with Crippen molar-refractivity contribution in [2.24, 2.45) is 0 Å². The van der Waals surface area contributed by atoms with Gasteiger partial charge in [-0.3, -0.25) is 4.79 Å². The Morgan fingerprint density at radius 1 is 1.52 bits per heavy atom. The predicted octanol–water partition coefficient (Wildman–Crippen LogP) is 2.72. The number of amides is 1. The maximum absolute atomic E-state index is 12.6. The first-order valence-corrected chi connectivity index (χ1v) is 8.01. The second-order valence-electron chi connectivity index (χ2n) is 5.35. The molecule has 21 heavy (non-hydrogen) atoms. The Morgan fingerprint density at radius 2 is 2.38 bits per heavy atom. The minimum atomic E-state index is -0.0386. The van der Waals surface area contributed by atoms with E-state index in [4.69, 9.17) is 0 Å². The first-order valence-electron chi connectivity index (χ1n) is 7.13. The number of hydrogen-bond acceptors (Lipinski definition) is 4. The number of aryl methyl sites for hydroxylation is 1. The van der Waals surface area contributed by atoms with Crippen molar-refractivity contribution in [2.75, 3.05) is 13.2 Å². The van der Waals surface area contributed by atoms with Gasteiger partial charge < -0.3 is 10.0 Å². The zero-order valence-corrected chi connectivity index (χ0v) is 12.8. The van der Waals surface area contributed by atoms with Gasteiger partial charge in [-0.05, 0) is 31.9 Å². The minimum Gasteiger partial charge on any atom is -0.394 e. The predicted molar refractivity (Wildman–Crippen MR) is 83.4 cm³/mol. The Morgan fingerprint density at radius 3 is 3.10 bits per heavy atom. The molecule has 1 aliphatic rings. The van der Waals surface area contributed by atoms with Crippen molar-refractivity contribution < 1.29 is 9.90 Å². The van der Waals surface area contributed by atoms with E-state index in [1.807, 2.05) is 36.6 Å². The molecule has 1 saturated heterocycles. The molecule has 1 aliphatic heterocycles. The average Bonchev–Trinajstić information content (AvgIpc) is 3.15. The van der Waals surface area contributed by atoms with Crippen LogP contribution in [0, 0.1) is 6.92 Å². The monoisotopic (exact) mass is 302 g/mol. The number of rotatable bonds is 3. The summed E-state index contributed by atoms with van der Waals surface area (Å²) in [6.45, 7) is 2.73. The van der Waals surface area contributed by atoms with Crippen molar-refractivity contribution in [1.29, 1.82) is 0 Å². The van der Waals surface area contributed by atoms with Crippen LogP contribution in [-0.2, 0) is 0 Å². The van der Waals surface area contributed by atoms with Crippen LogP contribution in [0.3, 0.4) is 0 Å². The molecule has 0 unspecified atom stereocenters. The fourth-order valence-electron chi connectivity index (χ4n) is 2.73. The van der Waals surface area contributed by atoms with Crippen molar-refractivity contribution in [3.8, 4) is 10.6 Å². The lowest BCUT2D eigenvalue weighted by molar-refractivity contribution is 0.0677. The van der Waals surface area contributed by atoms with Gasteiger partial charge in [0.2, 0.25) is 0 Å². The maximum Gasteiger partial charge on any atom is 0.254 e. The summed E-state index contributed by atoms with van der Waals surface area (Å²) in [5.41, 5.74) is 2.63. The SMILES string of the molecule is Cc1csc(-c2cccc(C(=O)N3CCC[C@@H]3CO)c2)n1. The van der Waals surface area contributed by atoms with Gasteiger partial charge in [-0.2, -0.15) is 0 Å². The molecule has 2 heterocycles. The van der Waals surface area contributed by atoms with Gasteiger partial charge in [0.05, 0.1) is 12.6 Å². The molecule has 0 saturated carbocycles. The lowest BCUT2D eigenvalue weighted by Gasteiger charge is -2.23. The van der Waals surface area contributed by atoms with E-state index < -0.39 is 0 Å². The fraction of sp³-hybridized carbons (Fsp3) is 0.375. The van der Waals surface area contributed by atoms with E-state index in [0.717, 1.165) is 35.7 Å². The number of aliphatic hydroxyl groups excluding tert-OH is 1. The molecule has 3 rings (SSSR count). The summed E-state index contributed by atoms with van der Waals surface area (Å²) in [4.78, 5) is 18.9. The highest BCUT2D eigenvalue weighted by molar-refractivity contribution is 7.13. The normalized spacial score (nSPS) is 18.2. The van der Waals surface area contributed by atoms with Crippen LogP contribution in [0.25, 0.3) is 10.6 Å². The Kier molecular flexibility index (Phi) is 4.03. The second-order valence-corrected chi connectivity index (χ2v) is 6.21. The third kappa shape index (κ3) is 2.84. The Balaban J connectivity index is 1.87. The number of carbonyl (C=O) groups excluding carboxylic acids is 1. The quantitative estimate of drug-likeness (QED) is 0.948. The third-order valence-electron chi connectivity index (χ3n) is 3.82. The van der Waals surface area contributed by atoms with Gasteiger partial charge in [-0.25, -0.2) is 4.98 Å². The lowest BCUT2D eigenvalue weighted by Crippen LogP contribution is -2.37. The lowest BCUT2D eigenvalue weighted by atomic mass is 10.1. The molecular weight excluding hydrogens is 284 g/mol. The van der Waals surface area contributed by atoms with Crippen molar-refractivity contribution in [1.82, 2.24) is 9.88 Å². The van der Waals surface area contributed by atoms with Gasteiger partial charge in [0, 0.05) is 28.7 Å². The highest BCUT2D eigenvalue weighted by Crippen LogP contribution is 2.26. The summed E-state index contributed by atoms with van der Waals surface area (Å²) >= 11 is 1.58.